The van der Waals surface area contributed by atoms with E-state index in [2.05, 4.69) is 10.1 Å². The minimum Gasteiger partial charge on any atom is -0.465 e. The SMILES string of the molecule is COC(=O)c1ccc(Cl)c(NC(=O)CCN(CC(C)C)S(C)(=O)=O)c1. The van der Waals surface area contributed by atoms with E-state index in [4.69, 9.17) is 11.6 Å². The van der Waals surface area contributed by atoms with E-state index in [9.17, 15) is 18.0 Å². The smallest absolute Gasteiger partial charge is 0.337 e. The number of methoxy groups -OCH3 is 1. The fourth-order valence-electron chi connectivity index (χ4n) is 2.10. The van der Waals surface area contributed by atoms with Crippen LogP contribution in [0.2, 0.25) is 5.02 Å². The molecule has 0 heterocycles. The summed E-state index contributed by atoms with van der Waals surface area (Å²) in [5, 5.41) is 2.86. The Hall–Kier alpha value is -1.64. The van der Waals surface area contributed by atoms with Gasteiger partial charge in [0.05, 0.1) is 29.6 Å². The van der Waals surface area contributed by atoms with Gasteiger partial charge in [-0.25, -0.2) is 17.5 Å². The van der Waals surface area contributed by atoms with Gasteiger partial charge in [-0.3, -0.25) is 4.79 Å². The Morgan fingerprint density at radius 3 is 2.48 bits per heavy atom. The van der Waals surface area contributed by atoms with Crippen LogP contribution in [0.1, 0.15) is 30.6 Å². The highest BCUT2D eigenvalue weighted by Gasteiger charge is 2.19. The summed E-state index contributed by atoms with van der Waals surface area (Å²) < 4.78 is 29.4. The lowest BCUT2D eigenvalue weighted by molar-refractivity contribution is -0.116. The van der Waals surface area contributed by atoms with Crippen LogP contribution in [0.15, 0.2) is 18.2 Å². The van der Waals surface area contributed by atoms with Gasteiger partial charge in [-0.1, -0.05) is 25.4 Å². The molecule has 0 saturated heterocycles. The summed E-state index contributed by atoms with van der Waals surface area (Å²) in [6.07, 6.45) is 1.09. The lowest BCUT2D eigenvalue weighted by Gasteiger charge is -2.21. The fourth-order valence-corrected chi connectivity index (χ4v) is 3.26. The van der Waals surface area contributed by atoms with Gasteiger partial charge in [0.25, 0.3) is 0 Å². The molecule has 0 aliphatic carbocycles. The number of carbonyl (C=O) groups excluding carboxylic acids is 2. The Balaban J connectivity index is 2.78. The molecular formula is C16H23ClN2O5S. The number of hydrogen-bond donors (Lipinski definition) is 1. The molecule has 0 atom stereocenters. The minimum atomic E-state index is -3.39. The Kier molecular flexibility index (Phi) is 7.85. The van der Waals surface area contributed by atoms with Crippen molar-refractivity contribution in [3.05, 3.63) is 28.8 Å². The van der Waals surface area contributed by atoms with Gasteiger partial charge in [-0.2, -0.15) is 0 Å². The topological polar surface area (TPSA) is 92.8 Å². The van der Waals surface area contributed by atoms with Crippen molar-refractivity contribution in [2.45, 2.75) is 20.3 Å². The van der Waals surface area contributed by atoms with Crippen LogP contribution < -0.4 is 5.32 Å². The number of sulfonamides is 1. The predicted molar refractivity (Wildman–Crippen MR) is 97.3 cm³/mol. The number of amides is 1. The van der Waals surface area contributed by atoms with E-state index in [0.29, 0.717) is 6.54 Å². The maximum Gasteiger partial charge on any atom is 0.337 e. The highest BCUT2D eigenvalue weighted by molar-refractivity contribution is 7.88. The summed E-state index contributed by atoms with van der Waals surface area (Å²) in [6.45, 7) is 4.20. The first-order chi connectivity index (χ1) is 11.5. The van der Waals surface area contributed by atoms with Crippen molar-refractivity contribution in [1.29, 1.82) is 0 Å². The van der Waals surface area contributed by atoms with Crippen molar-refractivity contribution in [2.75, 3.05) is 31.8 Å². The monoisotopic (exact) mass is 390 g/mol. The standard InChI is InChI=1S/C16H23ClN2O5S/c1-11(2)10-19(25(4,22)23)8-7-15(20)18-14-9-12(16(21)24-3)5-6-13(14)17/h5-6,9,11H,7-8,10H2,1-4H3,(H,18,20). The van der Waals surface area contributed by atoms with Crippen LogP contribution >= 0.6 is 11.6 Å². The average Bonchev–Trinajstić information content (AvgIpc) is 2.51. The Labute approximate surface area is 153 Å². The average molecular weight is 391 g/mol. The van der Waals surface area contributed by atoms with Crippen LogP contribution in [0.3, 0.4) is 0 Å². The highest BCUT2D eigenvalue weighted by Crippen LogP contribution is 2.23. The molecule has 1 aromatic rings. The molecule has 0 aliphatic rings. The van der Waals surface area contributed by atoms with Crippen molar-refractivity contribution in [2.24, 2.45) is 5.92 Å². The zero-order valence-electron chi connectivity index (χ0n) is 14.7. The molecule has 1 N–H and O–H groups in total. The number of rotatable bonds is 8. The molecule has 25 heavy (non-hydrogen) atoms. The summed E-state index contributed by atoms with van der Waals surface area (Å²) in [6, 6.07) is 4.37. The normalized spacial score (nSPS) is 11.6. The van der Waals surface area contributed by atoms with Gasteiger partial charge in [-0.15, -0.1) is 0 Å². The zero-order chi connectivity index (χ0) is 19.2. The van der Waals surface area contributed by atoms with Crippen LogP contribution in [-0.2, 0) is 19.6 Å². The number of nitrogens with one attached hydrogen (secondary N) is 1. The van der Waals surface area contributed by atoms with Gasteiger partial charge in [-0.05, 0) is 24.1 Å². The van der Waals surface area contributed by atoms with E-state index in [1.165, 1.54) is 29.6 Å². The van der Waals surface area contributed by atoms with Gasteiger partial charge < -0.3 is 10.1 Å². The Morgan fingerprint density at radius 2 is 1.96 bits per heavy atom. The van der Waals surface area contributed by atoms with Gasteiger partial charge in [0.15, 0.2) is 0 Å². The number of nitrogens with zero attached hydrogens (tertiary/aromatic N) is 1. The number of carbonyl (C=O) groups is 2. The molecule has 0 radical (unpaired) electrons. The summed E-state index contributed by atoms with van der Waals surface area (Å²) in [5.41, 5.74) is 0.518. The van der Waals surface area contributed by atoms with Gasteiger partial charge in [0, 0.05) is 19.5 Å². The fraction of sp³-hybridized carbons (Fsp3) is 0.500. The number of esters is 1. The maximum absolute atomic E-state index is 12.1. The number of halogens is 1. The van der Waals surface area contributed by atoms with Crippen LogP contribution in [0.5, 0.6) is 0 Å². The number of ether oxygens (including phenoxy) is 1. The van der Waals surface area contributed by atoms with E-state index >= 15 is 0 Å². The molecule has 9 heteroatoms. The van der Waals surface area contributed by atoms with E-state index in [1.54, 1.807) is 0 Å². The Morgan fingerprint density at radius 1 is 1.32 bits per heavy atom. The molecule has 7 nitrogen and oxygen atoms in total. The number of anilines is 1. The van der Waals surface area contributed by atoms with E-state index in [-0.39, 0.29) is 35.2 Å². The lowest BCUT2D eigenvalue weighted by Crippen LogP contribution is -2.35. The lowest BCUT2D eigenvalue weighted by atomic mass is 10.2. The molecule has 1 aromatic carbocycles. The van der Waals surface area contributed by atoms with E-state index in [1.807, 2.05) is 13.8 Å². The summed E-state index contributed by atoms with van der Waals surface area (Å²) >= 11 is 6.02. The molecule has 0 bridgehead atoms. The third kappa shape index (κ3) is 7.01. The molecule has 140 valence electrons. The first-order valence-electron chi connectivity index (χ1n) is 7.67. The highest BCUT2D eigenvalue weighted by atomic mass is 35.5. The second kappa shape index (κ2) is 9.17. The van der Waals surface area contributed by atoms with E-state index < -0.39 is 21.9 Å². The number of hydrogen-bond acceptors (Lipinski definition) is 5. The molecular weight excluding hydrogens is 368 g/mol. The first-order valence-corrected chi connectivity index (χ1v) is 9.90. The molecule has 0 spiro atoms. The largest absolute Gasteiger partial charge is 0.465 e. The maximum atomic E-state index is 12.1. The summed E-state index contributed by atoms with van der Waals surface area (Å²) in [4.78, 5) is 23.7. The third-order valence-corrected chi connectivity index (χ3v) is 4.89. The molecule has 1 amide bonds. The second-order valence-corrected chi connectivity index (χ2v) is 8.39. The molecule has 0 aliphatic heterocycles. The van der Waals surface area contributed by atoms with Crippen LogP contribution in [0.4, 0.5) is 5.69 Å². The quantitative estimate of drug-likeness (QED) is 0.688. The van der Waals surface area contributed by atoms with Crippen molar-refractivity contribution in [3.8, 4) is 0 Å². The summed E-state index contributed by atoms with van der Waals surface area (Å²) in [5.74, 6) is -0.808. The molecule has 0 unspecified atom stereocenters. The number of benzene rings is 1. The van der Waals surface area contributed by atoms with Gasteiger partial charge in [0.1, 0.15) is 0 Å². The van der Waals surface area contributed by atoms with Crippen molar-refractivity contribution < 1.29 is 22.7 Å². The zero-order valence-corrected chi connectivity index (χ0v) is 16.3. The van der Waals surface area contributed by atoms with E-state index in [0.717, 1.165) is 6.26 Å². The molecule has 1 rings (SSSR count). The molecule has 0 aromatic heterocycles. The minimum absolute atomic E-state index is 0.0292. The van der Waals surface area contributed by atoms with Crippen molar-refractivity contribution in [3.63, 3.8) is 0 Å². The van der Waals surface area contributed by atoms with Crippen LogP contribution in [-0.4, -0.2) is 51.1 Å². The Bertz CT molecular complexity index is 734. The summed E-state index contributed by atoms with van der Waals surface area (Å²) in [7, 11) is -2.14. The first kappa shape index (κ1) is 21.4. The molecule has 0 saturated carbocycles. The van der Waals surface area contributed by atoms with Gasteiger partial charge >= 0.3 is 5.97 Å². The van der Waals surface area contributed by atoms with Crippen molar-refractivity contribution in [1.82, 2.24) is 4.31 Å². The predicted octanol–water partition coefficient (Wildman–Crippen LogP) is 2.37. The van der Waals surface area contributed by atoms with Crippen LogP contribution in [0.25, 0.3) is 0 Å². The van der Waals surface area contributed by atoms with Crippen LogP contribution in [0, 0.1) is 5.92 Å². The third-order valence-electron chi connectivity index (χ3n) is 3.29. The van der Waals surface area contributed by atoms with Crippen molar-refractivity contribution >= 4 is 39.2 Å². The van der Waals surface area contributed by atoms with Gasteiger partial charge in [0.2, 0.25) is 15.9 Å². The molecule has 0 fully saturated rings. The second-order valence-electron chi connectivity index (χ2n) is 6.00.